The summed E-state index contributed by atoms with van der Waals surface area (Å²) in [7, 11) is 0. The fraction of sp³-hybridized carbons (Fsp3) is 0.632. The second-order valence-corrected chi connectivity index (χ2v) is 9.26. The van der Waals surface area contributed by atoms with Gasteiger partial charge in [-0.2, -0.15) is 0 Å². The molecule has 1 aliphatic rings. The minimum absolute atomic E-state index is 0.148. The number of carbonyl (C=O) groups is 1. The van der Waals surface area contributed by atoms with Crippen LogP contribution in [0.4, 0.5) is 0 Å². The third-order valence-electron chi connectivity index (χ3n) is 4.67. The number of aromatic nitrogens is 2. The van der Waals surface area contributed by atoms with Crippen molar-refractivity contribution in [2.45, 2.75) is 69.6 Å². The fourth-order valence-electron chi connectivity index (χ4n) is 3.19. The number of unbranched alkanes of at least 4 members (excludes halogenated alkanes) is 2. The van der Waals surface area contributed by atoms with Crippen molar-refractivity contribution >= 4 is 39.3 Å². The van der Waals surface area contributed by atoms with Crippen LogP contribution in [-0.4, -0.2) is 27.8 Å². The quantitative estimate of drug-likeness (QED) is 0.293. The molecule has 0 spiro atoms. The Hall–Kier alpha value is -1.14. The number of nitrogens with zero attached hydrogens (tertiary/aromatic N) is 2. The molecule has 0 unspecified atom stereocenters. The van der Waals surface area contributed by atoms with Crippen molar-refractivity contribution in [3.8, 4) is 0 Å². The molecular weight excluding hydrogens is 352 g/mol. The Morgan fingerprint density at radius 1 is 1.44 bits per heavy atom. The second-order valence-electron chi connectivity index (χ2n) is 6.85. The number of esters is 1. The van der Waals surface area contributed by atoms with Crippen molar-refractivity contribution in [1.82, 2.24) is 9.97 Å². The van der Waals surface area contributed by atoms with E-state index in [4.69, 9.17) is 4.74 Å². The van der Waals surface area contributed by atoms with Crippen molar-refractivity contribution in [2.75, 3.05) is 6.61 Å². The third kappa shape index (κ3) is 4.34. The highest BCUT2D eigenvalue weighted by Gasteiger charge is 2.25. The summed E-state index contributed by atoms with van der Waals surface area (Å²) in [5.74, 6) is 0.590. The van der Waals surface area contributed by atoms with Gasteiger partial charge in [-0.3, -0.25) is 4.79 Å². The van der Waals surface area contributed by atoms with Crippen LogP contribution in [0, 0.1) is 5.92 Å². The van der Waals surface area contributed by atoms with Crippen molar-refractivity contribution in [1.29, 1.82) is 0 Å². The molecule has 0 bridgehead atoms. The summed E-state index contributed by atoms with van der Waals surface area (Å²) in [4.78, 5) is 23.7. The van der Waals surface area contributed by atoms with Crippen LogP contribution in [0.1, 0.15) is 56.9 Å². The van der Waals surface area contributed by atoms with E-state index < -0.39 is 0 Å². The maximum absolute atomic E-state index is 12.2. The van der Waals surface area contributed by atoms with E-state index in [1.165, 1.54) is 34.0 Å². The van der Waals surface area contributed by atoms with Crippen molar-refractivity contribution in [3.63, 3.8) is 0 Å². The van der Waals surface area contributed by atoms with Gasteiger partial charge in [0.25, 0.3) is 0 Å². The Balaban J connectivity index is 1.74. The zero-order valence-electron chi connectivity index (χ0n) is 15.2. The van der Waals surface area contributed by atoms with E-state index in [0.29, 0.717) is 6.61 Å². The maximum atomic E-state index is 12.2. The standard InChI is InChI=1S/C19H26N2O2S2/c1-4-5-6-9-23-19(22)13(3)24-17-16-14-8-7-12(2)10-15(14)25-18(16)21-11-20-17/h11-13H,4-10H2,1-3H3/t12-,13+/m0/s1. The number of thiophene rings is 1. The first kappa shape index (κ1) is 18.6. The molecule has 0 saturated carbocycles. The van der Waals surface area contributed by atoms with Gasteiger partial charge in [-0.25, -0.2) is 9.97 Å². The highest BCUT2D eigenvalue weighted by Crippen LogP contribution is 2.41. The highest BCUT2D eigenvalue weighted by molar-refractivity contribution is 8.00. The van der Waals surface area contributed by atoms with Crippen LogP contribution in [0.3, 0.4) is 0 Å². The van der Waals surface area contributed by atoms with E-state index in [-0.39, 0.29) is 11.2 Å². The number of hydrogen-bond donors (Lipinski definition) is 0. The average Bonchev–Trinajstić information content (AvgIpc) is 2.96. The van der Waals surface area contributed by atoms with Crippen molar-refractivity contribution in [3.05, 3.63) is 16.8 Å². The normalized spacial score (nSPS) is 18.1. The van der Waals surface area contributed by atoms with Gasteiger partial charge in [0.15, 0.2) is 0 Å². The lowest BCUT2D eigenvalue weighted by Crippen LogP contribution is -2.18. The topological polar surface area (TPSA) is 52.1 Å². The number of aryl methyl sites for hydroxylation is 1. The number of hydrogen-bond acceptors (Lipinski definition) is 6. The number of fused-ring (bicyclic) bond motifs is 3. The van der Waals surface area contributed by atoms with Gasteiger partial charge in [0, 0.05) is 10.3 Å². The van der Waals surface area contributed by atoms with Gasteiger partial charge in [0.05, 0.1) is 6.61 Å². The molecule has 2 heterocycles. The molecule has 2 aromatic heterocycles. The van der Waals surface area contributed by atoms with Gasteiger partial charge < -0.3 is 4.74 Å². The molecule has 2 aromatic rings. The lowest BCUT2D eigenvalue weighted by Gasteiger charge is -2.18. The molecule has 0 radical (unpaired) electrons. The first-order valence-corrected chi connectivity index (χ1v) is 10.9. The molecule has 0 aliphatic heterocycles. The first-order chi connectivity index (χ1) is 12.1. The summed E-state index contributed by atoms with van der Waals surface area (Å²) in [6.45, 7) is 6.87. The van der Waals surface area contributed by atoms with E-state index in [1.54, 1.807) is 17.7 Å². The summed E-state index contributed by atoms with van der Waals surface area (Å²) in [6.07, 6.45) is 8.22. The Morgan fingerprint density at radius 3 is 3.08 bits per heavy atom. The van der Waals surface area contributed by atoms with Gasteiger partial charge >= 0.3 is 5.97 Å². The van der Waals surface area contributed by atoms with Crippen molar-refractivity contribution in [2.24, 2.45) is 5.92 Å². The number of ether oxygens (including phenoxy) is 1. The maximum Gasteiger partial charge on any atom is 0.319 e. The van der Waals surface area contributed by atoms with Crippen LogP contribution >= 0.6 is 23.1 Å². The molecule has 0 N–H and O–H groups in total. The van der Waals surface area contributed by atoms with Gasteiger partial charge in [0.1, 0.15) is 21.4 Å². The molecule has 3 rings (SSSR count). The summed E-state index contributed by atoms with van der Waals surface area (Å²) < 4.78 is 5.40. The van der Waals surface area contributed by atoms with Crippen LogP contribution in [0.2, 0.25) is 0 Å². The smallest absolute Gasteiger partial charge is 0.319 e. The molecule has 4 nitrogen and oxygen atoms in total. The van der Waals surface area contributed by atoms with Crippen LogP contribution in [-0.2, 0) is 22.4 Å². The number of thioether (sulfide) groups is 1. The molecule has 0 aromatic carbocycles. The van der Waals surface area contributed by atoms with Crippen LogP contribution in [0.25, 0.3) is 10.2 Å². The van der Waals surface area contributed by atoms with Crippen LogP contribution in [0.15, 0.2) is 11.4 Å². The Bertz CT molecular complexity index is 744. The fourth-order valence-corrected chi connectivity index (χ4v) is 5.55. The molecule has 0 amide bonds. The number of carbonyl (C=O) groups excluding carboxylic acids is 1. The van der Waals surface area contributed by atoms with Crippen molar-refractivity contribution < 1.29 is 9.53 Å². The molecule has 1 aliphatic carbocycles. The van der Waals surface area contributed by atoms with E-state index in [2.05, 4.69) is 23.8 Å². The minimum atomic E-state index is -0.252. The predicted molar refractivity (Wildman–Crippen MR) is 104 cm³/mol. The van der Waals surface area contributed by atoms with Gasteiger partial charge in [0.2, 0.25) is 0 Å². The van der Waals surface area contributed by atoms with E-state index in [9.17, 15) is 4.79 Å². The van der Waals surface area contributed by atoms with E-state index >= 15 is 0 Å². The average molecular weight is 379 g/mol. The monoisotopic (exact) mass is 378 g/mol. The first-order valence-electron chi connectivity index (χ1n) is 9.18. The Labute approximate surface area is 157 Å². The molecule has 25 heavy (non-hydrogen) atoms. The van der Waals surface area contributed by atoms with Gasteiger partial charge in [-0.1, -0.05) is 38.5 Å². The molecule has 0 saturated heterocycles. The Morgan fingerprint density at radius 2 is 2.28 bits per heavy atom. The molecule has 0 fully saturated rings. The molecular formula is C19H26N2O2S2. The highest BCUT2D eigenvalue weighted by atomic mass is 32.2. The summed E-state index contributed by atoms with van der Waals surface area (Å²) in [5, 5.41) is 1.85. The van der Waals surface area contributed by atoms with E-state index in [0.717, 1.165) is 47.9 Å². The summed E-state index contributed by atoms with van der Waals surface area (Å²) in [5.41, 5.74) is 1.41. The summed E-state index contributed by atoms with van der Waals surface area (Å²) >= 11 is 3.30. The van der Waals surface area contributed by atoms with Crippen LogP contribution < -0.4 is 0 Å². The molecule has 2 atom stereocenters. The van der Waals surface area contributed by atoms with E-state index in [1.807, 2.05) is 6.92 Å². The van der Waals surface area contributed by atoms with Gasteiger partial charge in [-0.15, -0.1) is 11.3 Å². The second kappa shape index (κ2) is 8.49. The predicted octanol–water partition coefficient (Wildman–Crippen LogP) is 5.03. The third-order valence-corrected chi connectivity index (χ3v) is 6.91. The number of rotatable bonds is 7. The lowest BCUT2D eigenvalue weighted by molar-refractivity contribution is -0.142. The lowest BCUT2D eigenvalue weighted by atomic mass is 9.89. The summed E-state index contributed by atoms with van der Waals surface area (Å²) in [6, 6.07) is 0. The zero-order valence-corrected chi connectivity index (χ0v) is 16.8. The van der Waals surface area contributed by atoms with Crippen LogP contribution in [0.5, 0.6) is 0 Å². The zero-order chi connectivity index (χ0) is 17.8. The van der Waals surface area contributed by atoms with Gasteiger partial charge in [-0.05, 0) is 44.1 Å². The minimum Gasteiger partial charge on any atom is -0.465 e. The molecule has 6 heteroatoms. The Kier molecular flexibility index (Phi) is 6.34. The SMILES string of the molecule is CCCCCOC(=O)[C@@H](C)Sc1ncnc2sc3c(c12)CC[C@H](C)C3. The molecule has 136 valence electrons. The largest absolute Gasteiger partial charge is 0.465 e.